The molecule has 166 valence electrons. The van der Waals surface area contributed by atoms with Gasteiger partial charge in [-0.05, 0) is 17.7 Å². The Kier molecular flexibility index (Phi) is 6.67. The van der Waals surface area contributed by atoms with Gasteiger partial charge in [-0.1, -0.05) is 30.3 Å². The van der Waals surface area contributed by atoms with Gasteiger partial charge in [0.2, 0.25) is 5.91 Å². The number of amides is 1. The van der Waals surface area contributed by atoms with Gasteiger partial charge in [-0.25, -0.2) is 4.98 Å². The number of nitrogens with one attached hydrogen (secondary N) is 1. The molecule has 2 heterocycles. The Morgan fingerprint density at radius 3 is 2.44 bits per heavy atom. The van der Waals surface area contributed by atoms with E-state index in [0.717, 1.165) is 10.8 Å². The SMILES string of the molecule is Nc1cnc(-c2cccnc2)n(CC(=O)NC(Cc2ccccc2)C(=O)C(F)(F)F)c1=O. The number of nitrogen functional groups attached to an aromatic ring is 1. The molecule has 2 aromatic heterocycles. The number of benzene rings is 1. The summed E-state index contributed by atoms with van der Waals surface area (Å²) < 4.78 is 40.2. The van der Waals surface area contributed by atoms with Crippen molar-refractivity contribution in [2.75, 3.05) is 5.73 Å². The lowest BCUT2D eigenvalue weighted by atomic mass is 10.0. The van der Waals surface area contributed by atoms with Crippen molar-refractivity contribution in [3.05, 3.63) is 77.0 Å². The lowest BCUT2D eigenvalue weighted by Crippen LogP contribution is -2.49. The molecule has 0 radical (unpaired) electrons. The summed E-state index contributed by atoms with van der Waals surface area (Å²) in [6.07, 6.45) is -1.51. The predicted molar refractivity (Wildman–Crippen MR) is 109 cm³/mol. The molecule has 0 aliphatic heterocycles. The number of nitrogens with two attached hydrogens (primary N) is 1. The average Bonchev–Trinajstić information content (AvgIpc) is 2.77. The first-order valence-electron chi connectivity index (χ1n) is 9.37. The number of Topliss-reactive ketones (excluding diaryl/α,β-unsaturated/α-hetero) is 1. The standard InChI is InChI=1S/C21H18F3N5O3/c22-21(23,24)18(31)16(9-13-5-2-1-3-6-13)28-17(30)12-29-19(14-7-4-8-26-10-14)27-11-15(25)20(29)32/h1-8,10-11,16H,9,12,25H2,(H,28,30). The molecular weight excluding hydrogens is 427 g/mol. The Balaban J connectivity index is 1.89. The van der Waals surface area contributed by atoms with E-state index in [1.54, 1.807) is 30.3 Å². The highest BCUT2D eigenvalue weighted by molar-refractivity contribution is 5.93. The topological polar surface area (TPSA) is 120 Å². The van der Waals surface area contributed by atoms with Crippen LogP contribution in [0.15, 0.2) is 65.8 Å². The van der Waals surface area contributed by atoms with Crippen LogP contribution in [0.25, 0.3) is 11.4 Å². The maximum absolute atomic E-state index is 13.1. The molecule has 3 N–H and O–H groups in total. The normalized spacial score (nSPS) is 12.2. The summed E-state index contributed by atoms with van der Waals surface area (Å²) in [4.78, 5) is 45.0. The van der Waals surface area contributed by atoms with Crippen LogP contribution in [0.1, 0.15) is 5.56 Å². The van der Waals surface area contributed by atoms with E-state index >= 15 is 0 Å². The number of rotatable bonds is 7. The lowest BCUT2D eigenvalue weighted by molar-refractivity contribution is -0.173. The van der Waals surface area contributed by atoms with Gasteiger partial charge in [-0.2, -0.15) is 13.2 Å². The highest BCUT2D eigenvalue weighted by Crippen LogP contribution is 2.20. The largest absolute Gasteiger partial charge is 0.452 e. The first-order valence-corrected chi connectivity index (χ1v) is 9.37. The Bertz CT molecular complexity index is 1160. The van der Waals surface area contributed by atoms with Gasteiger partial charge < -0.3 is 11.1 Å². The van der Waals surface area contributed by atoms with Crippen LogP contribution in [-0.4, -0.2) is 38.4 Å². The van der Waals surface area contributed by atoms with Gasteiger partial charge in [0.1, 0.15) is 24.1 Å². The molecule has 8 nitrogen and oxygen atoms in total. The number of ketones is 1. The summed E-state index contributed by atoms with van der Waals surface area (Å²) in [5, 5.41) is 2.09. The van der Waals surface area contributed by atoms with E-state index in [9.17, 15) is 27.6 Å². The molecule has 1 amide bonds. The van der Waals surface area contributed by atoms with Crippen molar-refractivity contribution in [2.45, 2.75) is 25.2 Å². The number of carbonyl (C=O) groups excluding carboxylic acids is 2. The maximum Gasteiger partial charge on any atom is 0.452 e. The van der Waals surface area contributed by atoms with Gasteiger partial charge in [-0.3, -0.25) is 23.9 Å². The fraction of sp³-hybridized carbons (Fsp3) is 0.190. The summed E-state index contributed by atoms with van der Waals surface area (Å²) in [6.45, 7) is -0.697. The molecule has 3 rings (SSSR count). The van der Waals surface area contributed by atoms with Crippen LogP contribution in [0.5, 0.6) is 0 Å². The molecule has 0 spiro atoms. The molecule has 0 bridgehead atoms. The molecule has 0 aliphatic rings. The average molecular weight is 445 g/mol. The van der Waals surface area contributed by atoms with Crippen molar-refractivity contribution in [1.82, 2.24) is 19.9 Å². The van der Waals surface area contributed by atoms with Crippen LogP contribution in [-0.2, 0) is 22.6 Å². The molecule has 1 unspecified atom stereocenters. The Labute approximate surface area is 179 Å². The van der Waals surface area contributed by atoms with Gasteiger partial charge in [0.25, 0.3) is 11.3 Å². The van der Waals surface area contributed by atoms with E-state index in [1.165, 1.54) is 24.5 Å². The zero-order valence-corrected chi connectivity index (χ0v) is 16.5. The first-order chi connectivity index (χ1) is 15.2. The van der Waals surface area contributed by atoms with E-state index in [1.807, 2.05) is 0 Å². The van der Waals surface area contributed by atoms with Crippen LogP contribution in [0.4, 0.5) is 18.9 Å². The summed E-state index contributed by atoms with van der Waals surface area (Å²) in [7, 11) is 0. The van der Waals surface area contributed by atoms with Gasteiger partial charge in [0.05, 0.1) is 6.20 Å². The summed E-state index contributed by atoms with van der Waals surface area (Å²) in [6, 6.07) is 9.25. The fourth-order valence-corrected chi connectivity index (χ4v) is 3.02. The number of carbonyl (C=O) groups is 2. The van der Waals surface area contributed by atoms with E-state index < -0.39 is 36.0 Å². The number of halogens is 3. The van der Waals surface area contributed by atoms with Crippen LogP contribution >= 0.6 is 0 Å². The number of hydrogen-bond acceptors (Lipinski definition) is 6. The van der Waals surface area contributed by atoms with E-state index in [4.69, 9.17) is 5.73 Å². The van der Waals surface area contributed by atoms with Crippen LogP contribution < -0.4 is 16.6 Å². The number of nitrogens with zero attached hydrogens (tertiary/aromatic N) is 3. The molecule has 0 saturated carbocycles. The Hall–Kier alpha value is -4.02. The van der Waals surface area contributed by atoms with Crippen LogP contribution in [0.2, 0.25) is 0 Å². The van der Waals surface area contributed by atoms with E-state index in [0.29, 0.717) is 11.1 Å². The van der Waals surface area contributed by atoms with E-state index in [2.05, 4.69) is 15.3 Å². The highest BCUT2D eigenvalue weighted by Gasteiger charge is 2.43. The number of anilines is 1. The van der Waals surface area contributed by atoms with Crippen molar-refractivity contribution in [1.29, 1.82) is 0 Å². The number of pyridine rings is 1. The lowest BCUT2D eigenvalue weighted by Gasteiger charge is -2.20. The van der Waals surface area contributed by atoms with Crippen molar-refractivity contribution in [3.8, 4) is 11.4 Å². The zero-order chi connectivity index (χ0) is 23.3. The van der Waals surface area contributed by atoms with Gasteiger partial charge >= 0.3 is 6.18 Å². The molecule has 3 aromatic rings. The molecule has 1 aromatic carbocycles. The molecule has 1 atom stereocenters. The molecule has 0 fully saturated rings. The third-order valence-electron chi connectivity index (χ3n) is 4.51. The van der Waals surface area contributed by atoms with Gasteiger partial charge in [0.15, 0.2) is 0 Å². The fourth-order valence-electron chi connectivity index (χ4n) is 3.02. The third kappa shape index (κ3) is 5.36. The zero-order valence-electron chi connectivity index (χ0n) is 16.5. The second-order valence-corrected chi connectivity index (χ2v) is 6.84. The molecule has 0 saturated heterocycles. The van der Waals surface area contributed by atoms with Crippen molar-refractivity contribution >= 4 is 17.4 Å². The van der Waals surface area contributed by atoms with Crippen LogP contribution in [0.3, 0.4) is 0 Å². The van der Waals surface area contributed by atoms with Crippen molar-refractivity contribution < 1.29 is 22.8 Å². The Morgan fingerprint density at radius 1 is 1.09 bits per heavy atom. The third-order valence-corrected chi connectivity index (χ3v) is 4.51. The minimum Gasteiger partial charge on any atom is -0.393 e. The highest BCUT2D eigenvalue weighted by atomic mass is 19.4. The summed E-state index contributed by atoms with van der Waals surface area (Å²) in [5.74, 6) is -3.03. The monoisotopic (exact) mass is 445 g/mol. The van der Waals surface area contributed by atoms with Crippen molar-refractivity contribution in [2.24, 2.45) is 0 Å². The maximum atomic E-state index is 13.1. The second kappa shape index (κ2) is 9.41. The number of aromatic nitrogens is 3. The number of hydrogen-bond donors (Lipinski definition) is 2. The molecular formula is C21H18F3N5O3. The molecule has 0 aliphatic carbocycles. The van der Waals surface area contributed by atoms with E-state index in [-0.39, 0.29) is 17.9 Å². The van der Waals surface area contributed by atoms with Gasteiger partial charge in [-0.15, -0.1) is 0 Å². The summed E-state index contributed by atoms with van der Waals surface area (Å²) in [5.41, 5.74) is 5.42. The van der Waals surface area contributed by atoms with Crippen molar-refractivity contribution in [3.63, 3.8) is 0 Å². The smallest absolute Gasteiger partial charge is 0.393 e. The number of alkyl halides is 3. The van der Waals surface area contributed by atoms with Crippen LogP contribution in [0, 0.1) is 0 Å². The minimum absolute atomic E-state index is 0.0502. The quantitative estimate of drug-likeness (QED) is 0.572. The predicted octanol–water partition coefficient (Wildman–Crippen LogP) is 1.75. The summed E-state index contributed by atoms with van der Waals surface area (Å²) >= 11 is 0. The van der Waals surface area contributed by atoms with Gasteiger partial charge in [0, 0.05) is 24.4 Å². The first kappa shape index (κ1) is 22.7. The molecule has 11 heteroatoms. The molecule has 32 heavy (non-hydrogen) atoms. The second-order valence-electron chi connectivity index (χ2n) is 6.84. The minimum atomic E-state index is -5.15. The Morgan fingerprint density at radius 2 is 1.81 bits per heavy atom.